The van der Waals surface area contributed by atoms with Crippen molar-refractivity contribution in [1.29, 1.82) is 0 Å². The van der Waals surface area contributed by atoms with E-state index in [4.69, 9.17) is 0 Å². The van der Waals surface area contributed by atoms with Gasteiger partial charge in [-0.1, -0.05) is 0 Å². The summed E-state index contributed by atoms with van der Waals surface area (Å²) in [6, 6.07) is 0. The Balaban J connectivity index is 1.59. The molecule has 0 saturated carbocycles. The number of amides is 3. The summed E-state index contributed by atoms with van der Waals surface area (Å²) in [5.41, 5.74) is 2.85. The van der Waals surface area contributed by atoms with Gasteiger partial charge in [0.05, 0.1) is 11.6 Å². The van der Waals surface area contributed by atoms with Crippen LogP contribution in [0.5, 0.6) is 0 Å². The summed E-state index contributed by atoms with van der Waals surface area (Å²) in [5, 5.41) is 4.40. The molecule has 2 aliphatic heterocycles. The Labute approximate surface area is 160 Å². The van der Waals surface area contributed by atoms with Crippen LogP contribution in [-0.2, 0) is 21.4 Å². The highest BCUT2D eigenvalue weighted by Gasteiger charge is 2.33. The largest absolute Gasteiger partial charge is 0.339 e. The third-order valence-corrected chi connectivity index (χ3v) is 5.82. The summed E-state index contributed by atoms with van der Waals surface area (Å²) in [5.74, 6) is -1.06. The monoisotopic (exact) mass is 375 g/mol. The number of nitrogens with zero attached hydrogens (tertiary/aromatic N) is 5. The molecule has 2 saturated heterocycles. The fraction of sp³-hybridized carbons (Fsp3) is 0.684. The average molecular weight is 375 g/mol. The first-order valence-corrected chi connectivity index (χ1v) is 9.68. The van der Waals surface area contributed by atoms with Crippen molar-refractivity contribution in [2.24, 2.45) is 7.05 Å². The number of rotatable bonds is 2. The number of aromatic nitrogens is 2. The summed E-state index contributed by atoms with van der Waals surface area (Å²) in [6.07, 6.45) is 1.93. The molecule has 3 amide bonds. The molecule has 0 aromatic carbocycles. The van der Waals surface area contributed by atoms with Crippen LogP contribution < -0.4 is 0 Å². The summed E-state index contributed by atoms with van der Waals surface area (Å²) in [4.78, 5) is 42.7. The van der Waals surface area contributed by atoms with Gasteiger partial charge in [0.1, 0.15) is 0 Å². The molecule has 1 aromatic heterocycles. The van der Waals surface area contributed by atoms with Crippen LogP contribution in [0.2, 0.25) is 0 Å². The van der Waals surface area contributed by atoms with Gasteiger partial charge in [-0.25, -0.2) is 0 Å². The van der Waals surface area contributed by atoms with E-state index in [1.165, 1.54) is 0 Å². The molecule has 1 aromatic rings. The minimum atomic E-state index is -0.434. The maximum absolute atomic E-state index is 12.9. The van der Waals surface area contributed by atoms with Gasteiger partial charge in [-0.05, 0) is 33.6 Å². The quantitative estimate of drug-likeness (QED) is 0.703. The molecule has 1 unspecified atom stereocenters. The van der Waals surface area contributed by atoms with Crippen LogP contribution in [0.4, 0.5) is 0 Å². The predicted molar refractivity (Wildman–Crippen MR) is 100 cm³/mol. The number of carbonyl (C=O) groups is 3. The highest BCUT2D eigenvalue weighted by Crippen LogP contribution is 2.25. The molecular formula is C19H29N5O3. The molecular weight excluding hydrogens is 346 g/mol. The standard InChI is InChI=1S/C19H29N5O3/c1-13(16-14(2)20-21(4)15(16)3)17(25)23-9-11-24(12-10-23)19(27)18(26)22-7-5-6-8-22/h13H,5-12H2,1-4H3. The van der Waals surface area contributed by atoms with Crippen LogP contribution in [0.1, 0.15) is 42.6 Å². The molecule has 0 bridgehead atoms. The Morgan fingerprint density at radius 3 is 1.81 bits per heavy atom. The second-order valence-corrected chi connectivity index (χ2v) is 7.55. The first-order valence-electron chi connectivity index (χ1n) is 9.68. The van der Waals surface area contributed by atoms with E-state index in [-0.39, 0.29) is 11.8 Å². The van der Waals surface area contributed by atoms with Gasteiger partial charge in [0.25, 0.3) is 0 Å². The van der Waals surface area contributed by atoms with Gasteiger partial charge in [0, 0.05) is 57.6 Å². The number of aryl methyl sites for hydroxylation is 2. The van der Waals surface area contributed by atoms with Gasteiger partial charge in [-0.2, -0.15) is 5.10 Å². The van der Waals surface area contributed by atoms with Crippen molar-refractivity contribution >= 4 is 17.7 Å². The molecule has 27 heavy (non-hydrogen) atoms. The number of hydrogen-bond acceptors (Lipinski definition) is 4. The third-order valence-electron chi connectivity index (χ3n) is 5.82. The fourth-order valence-electron chi connectivity index (χ4n) is 4.13. The van der Waals surface area contributed by atoms with E-state index < -0.39 is 11.8 Å². The van der Waals surface area contributed by atoms with Crippen molar-refractivity contribution in [1.82, 2.24) is 24.5 Å². The summed E-state index contributed by atoms with van der Waals surface area (Å²) in [7, 11) is 1.88. The fourth-order valence-corrected chi connectivity index (χ4v) is 4.13. The van der Waals surface area contributed by atoms with Gasteiger partial charge in [-0.3, -0.25) is 19.1 Å². The maximum atomic E-state index is 12.9. The molecule has 3 heterocycles. The zero-order chi connectivity index (χ0) is 19.7. The lowest BCUT2D eigenvalue weighted by atomic mass is 9.97. The van der Waals surface area contributed by atoms with Crippen molar-refractivity contribution in [3.8, 4) is 0 Å². The van der Waals surface area contributed by atoms with E-state index in [0.717, 1.165) is 29.8 Å². The second kappa shape index (κ2) is 7.70. The van der Waals surface area contributed by atoms with Gasteiger partial charge in [-0.15, -0.1) is 0 Å². The molecule has 148 valence electrons. The van der Waals surface area contributed by atoms with Gasteiger partial charge in [0.15, 0.2) is 0 Å². The maximum Gasteiger partial charge on any atom is 0.312 e. The van der Waals surface area contributed by atoms with Gasteiger partial charge < -0.3 is 14.7 Å². The Morgan fingerprint density at radius 2 is 1.33 bits per heavy atom. The van der Waals surface area contributed by atoms with E-state index >= 15 is 0 Å². The topological polar surface area (TPSA) is 78.8 Å². The molecule has 8 heteroatoms. The number of carbonyl (C=O) groups excluding carboxylic acids is 3. The van der Waals surface area contributed by atoms with Crippen molar-refractivity contribution < 1.29 is 14.4 Å². The highest BCUT2D eigenvalue weighted by atomic mass is 16.2. The van der Waals surface area contributed by atoms with Crippen LogP contribution in [0.25, 0.3) is 0 Å². The third kappa shape index (κ3) is 3.70. The Hall–Kier alpha value is -2.38. The van der Waals surface area contributed by atoms with Crippen molar-refractivity contribution in [2.45, 2.75) is 39.5 Å². The molecule has 0 radical (unpaired) electrons. The molecule has 2 fully saturated rings. The van der Waals surface area contributed by atoms with Crippen LogP contribution in [0, 0.1) is 13.8 Å². The lowest BCUT2D eigenvalue weighted by Gasteiger charge is -2.36. The lowest BCUT2D eigenvalue weighted by Crippen LogP contribution is -2.54. The molecule has 8 nitrogen and oxygen atoms in total. The zero-order valence-corrected chi connectivity index (χ0v) is 16.7. The zero-order valence-electron chi connectivity index (χ0n) is 16.7. The summed E-state index contributed by atoms with van der Waals surface area (Å²) < 4.78 is 1.80. The number of piperazine rings is 1. The van der Waals surface area contributed by atoms with Crippen molar-refractivity contribution in [3.63, 3.8) is 0 Å². The minimum absolute atomic E-state index is 0.0483. The molecule has 0 N–H and O–H groups in total. The highest BCUT2D eigenvalue weighted by molar-refractivity contribution is 6.35. The van der Waals surface area contributed by atoms with E-state index in [1.54, 1.807) is 19.4 Å². The van der Waals surface area contributed by atoms with Crippen LogP contribution in [-0.4, -0.2) is 81.5 Å². The van der Waals surface area contributed by atoms with Crippen LogP contribution >= 0.6 is 0 Å². The van der Waals surface area contributed by atoms with Crippen molar-refractivity contribution in [2.75, 3.05) is 39.3 Å². The van der Waals surface area contributed by atoms with Crippen LogP contribution in [0.15, 0.2) is 0 Å². The number of hydrogen-bond donors (Lipinski definition) is 0. The normalized spacial score (nSPS) is 18.7. The Morgan fingerprint density at radius 1 is 0.852 bits per heavy atom. The van der Waals surface area contributed by atoms with Crippen LogP contribution in [0.3, 0.4) is 0 Å². The first kappa shape index (κ1) is 19.4. The van der Waals surface area contributed by atoms with Crippen molar-refractivity contribution in [3.05, 3.63) is 17.0 Å². The lowest BCUT2D eigenvalue weighted by molar-refractivity contribution is -0.153. The van der Waals surface area contributed by atoms with Gasteiger partial charge in [0.2, 0.25) is 5.91 Å². The Kier molecular flexibility index (Phi) is 5.53. The van der Waals surface area contributed by atoms with E-state index in [1.807, 2.05) is 27.8 Å². The molecule has 1 atom stereocenters. The smallest absolute Gasteiger partial charge is 0.312 e. The second-order valence-electron chi connectivity index (χ2n) is 7.55. The summed E-state index contributed by atoms with van der Waals surface area (Å²) >= 11 is 0. The SMILES string of the molecule is Cc1nn(C)c(C)c1C(C)C(=O)N1CCN(C(=O)C(=O)N2CCCC2)CC1. The Bertz CT molecular complexity index is 743. The summed E-state index contributed by atoms with van der Waals surface area (Å²) in [6.45, 7) is 8.87. The van der Waals surface area contributed by atoms with Gasteiger partial charge >= 0.3 is 11.8 Å². The van der Waals surface area contributed by atoms with E-state index in [2.05, 4.69) is 5.10 Å². The molecule has 2 aliphatic rings. The minimum Gasteiger partial charge on any atom is -0.339 e. The predicted octanol–water partition coefficient (Wildman–Crippen LogP) is 0.434. The molecule has 0 spiro atoms. The van der Waals surface area contributed by atoms with E-state index in [9.17, 15) is 14.4 Å². The average Bonchev–Trinajstić information content (AvgIpc) is 3.28. The number of likely N-dealkylation sites (tertiary alicyclic amines) is 1. The first-order chi connectivity index (χ1) is 12.8. The molecule has 0 aliphatic carbocycles. The van der Waals surface area contributed by atoms with E-state index in [0.29, 0.717) is 39.3 Å². The molecule has 3 rings (SSSR count).